The number of nitrogens with two attached hydrogens (primary N) is 1. The fourth-order valence-corrected chi connectivity index (χ4v) is 5.78. The van der Waals surface area contributed by atoms with Crippen molar-refractivity contribution in [3.63, 3.8) is 0 Å². The van der Waals surface area contributed by atoms with Crippen molar-refractivity contribution in [3.05, 3.63) is 11.6 Å². The monoisotopic (exact) mass is 274 g/mol. The number of rotatable bonds is 3. The number of hydrogen-bond donors (Lipinski definition) is 1. The zero-order valence-electron chi connectivity index (χ0n) is 12.7. The first-order valence-electron chi connectivity index (χ1n) is 8.16. The van der Waals surface area contributed by atoms with Crippen LogP contribution in [0.4, 0.5) is 0 Å². The van der Waals surface area contributed by atoms with Gasteiger partial charge in [0.15, 0.2) is 0 Å². The lowest BCUT2D eigenvalue weighted by molar-refractivity contribution is -0.0671. The van der Waals surface area contributed by atoms with E-state index in [1.165, 1.54) is 38.5 Å². The van der Waals surface area contributed by atoms with Crippen LogP contribution in [0.25, 0.3) is 0 Å². The number of aryl methyl sites for hydroxylation is 2. The lowest BCUT2D eigenvalue weighted by Crippen LogP contribution is -2.55. The summed E-state index contributed by atoms with van der Waals surface area (Å²) in [5.74, 6) is 4.82. The molecule has 0 aromatic carbocycles. The number of hydrogen-bond acceptors (Lipinski definition) is 3. The van der Waals surface area contributed by atoms with Crippen LogP contribution in [0.2, 0.25) is 0 Å². The van der Waals surface area contributed by atoms with E-state index in [0.29, 0.717) is 5.41 Å². The summed E-state index contributed by atoms with van der Waals surface area (Å²) in [6.45, 7) is 1.96. The van der Waals surface area contributed by atoms with E-state index in [1.807, 2.05) is 18.7 Å². The topological polar surface area (TPSA) is 56.7 Å². The van der Waals surface area contributed by atoms with Crippen molar-refractivity contribution in [1.82, 2.24) is 14.8 Å². The molecule has 4 heteroatoms. The van der Waals surface area contributed by atoms with E-state index in [2.05, 4.69) is 10.1 Å². The Labute approximate surface area is 121 Å². The van der Waals surface area contributed by atoms with Crippen molar-refractivity contribution in [1.29, 1.82) is 0 Å². The molecule has 1 atom stereocenters. The molecule has 0 amide bonds. The predicted octanol–water partition coefficient (Wildman–Crippen LogP) is 2.21. The summed E-state index contributed by atoms with van der Waals surface area (Å²) in [5, 5.41) is 4.36. The SMILES string of the molecule is Cc1nc(CC(N)C23CC4CC(CC(C4)C2)C3)n(C)n1. The van der Waals surface area contributed by atoms with E-state index in [-0.39, 0.29) is 6.04 Å². The summed E-state index contributed by atoms with van der Waals surface area (Å²) in [7, 11) is 1.99. The molecule has 1 heterocycles. The maximum Gasteiger partial charge on any atom is 0.147 e. The van der Waals surface area contributed by atoms with Crippen LogP contribution in [0.3, 0.4) is 0 Å². The Kier molecular flexibility index (Phi) is 2.75. The van der Waals surface area contributed by atoms with Crippen molar-refractivity contribution in [2.45, 2.75) is 57.9 Å². The molecule has 110 valence electrons. The van der Waals surface area contributed by atoms with Crippen molar-refractivity contribution in [3.8, 4) is 0 Å². The highest BCUT2D eigenvalue weighted by molar-refractivity contribution is 5.08. The van der Waals surface area contributed by atoms with E-state index in [1.54, 1.807) is 0 Å². The summed E-state index contributed by atoms with van der Waals surface area (Å²) < 4.78 is 1.91. The zero-order chi connectivity index (χ0) is 13.9. The Hall–Kier alpha value is -0.900. The maximum atomic E-state index is 6.70. The molecule has 0 aliphatic heterocycles. The van der Waals surface area contributed by atoms with Crippen molar-refractivity contribution >= 4 is 0 Å². The molecule has 0 spiro atoms. The molecule has 1 aromatic rings. The van der Waals surface area contributed by atoms with Crippen LogP contribution in [0.1, 0.15) is 50.2 Å². The van der Waals surface area contributed by atoms with Gasteiger partial charge in [-0.1, -0.05) is 0 Å². The van der Waals surface area contributed by atoms with Gasteiger partial charge in [-0.25, -0.2) is 4.98 Å². The van der Waals surface area contributed by atoms with Gasteiger partial charge in [0.05, 0.1) is 0 Å². The molecule has 4 aliphatic carbocycles. The fraction of sp³-hybridized carbons (Fsp3) is 0.875. The summed E-state index contributed by atoms with van der Waals surface area (Å²) in [6, 6.07) is 0.262. The largest absolute Gasteiger partial charge is 0.327 e. The highest BCUT2D eigenvalue weighted by atomic mass is 15.3. The van der Waals surface area contributed by atoms with Crippen LogP contribution >= 0.6 is 0 Å². The number of aromatic nitrogens is 3. The first kappa shape index (κ1) is 12.8. The average Bonchev–Trinajstić information content (AvgIpc) is 2.66. The smallest absolute Gasteiger partial charge is 0.147 e. The van der Waals surface area contributed by atoms with Crippen molar-refractivity contribution in [2.24, 2.45) is 36.0 Å². The van der Waals surface area contributed by atoms with Crippen LogP contribution in [0, 0.1) is 30.1 Å². The summed E-state index contributed by atoms with van der Waals surface area (Å²) in [6.07, 6.45) is 9.45. The van der Waals surface area contributed by atoms with E-state index < -0.39 is 0 Å². The fourth-order valence-electron chi connectivity index (χ4n) is 5.78. The molecule has 0 saturated heterocycles. The second-order valence-electron chi connectivity index (χ2n) is 7.79. The van der Waals surface area contributed by atoms with E-state index in [0.717, 1.165) is 35.8 Å². The lowest BCUT2D eigenvalue weighted by atomic mass is 9.47. The van der Waals surface area contributed by atoms with Gasteiger partial charge in [-0.2, -0.15) is 5.10 Å². The quantitative estimate of drug-likeness (QED) is 0.919. The third-order valence-electron chi connectivity index (χ3n) is 6.23. The van der Waals surface area contributed by atoms with Crippen LogP contribution in [0.15, 0.2) is 0 Å². The number of nitrogens with zero attached hydrogens (tertiary/aromatic N) is 3. The molecule has 1 unspecified atom stereocenters. The van der Waals surface area contributed by atoms with Gasteiger partial charge in [0, 0.05) is 19.5 Å². The second-order valence-corrected chi connectivity index (χ2v) is 7.79. The second kappa shape index (κ2) is 4.30. The van der Waals surface area contributed by atoms with Gasteiger partial charge in [-0.3, -0.25) is 4.68 Å². The molecule has 4 nitrogen and oxygen atoms in total. The van der Waals surface area contributed by atoms with E-state index >= 15 is 0 Å². The molecule has 4 fully saturated rings. The third-order valence-corrected chi connectivity index (χ3v) is 6.23. The molecule has 0 radical (unpaired) electrons. The Morgan fingerprint density at radius 1 is 1.20 bits per heavy atom. The summed E-state index contributed by atoms with van der Waals surface area (Å²) >= 11 is 0. The first-order valence-corrected chi connectivity index (χ1v) is 8.16. The van der Waals surface area contributed by atoms with Crippen LogP contribution in [0.5, 0.6) is 0 Å². The van der Waals surface area contributed by atoms with Gasteiger partial charge in [-0.05, 0) is 68.6 Å². The van der Waals surface area contributed by atoms with Gasteiger partial charge >= 0.3 is 0 Å². The minimum atomic E-state index is 0.262. The average molecular weight is 274 g/mol. The van der Waals surface area contributed by atoms with Crippen molar-refractivity contribution in [2.75, 3.05) is 0 Å². The summed E-state index contributed by atoms with van der Waals surface area (Å²) in [5.41, 5.74) is 7.11. The lowest BCUT2D eigenvalue weighted by Gasteiger charge is -2.59. The minimum Gasteiger partial charge on any atom is -0.327 e. The van der Waals surface area contributed by atoms with Gasteiger partial charge in [0.1, 0.15) is 11.6 Å². The van der Waals surface area contributed by atoms with Crippen molar-refractivity contribution < 1.29 is 0 Å². The molecular formula is C16H26N4. The van der Waals surface area contributed by atoms with Gasteiger partial charge < -0.3 is 5.73 Å². The molecule has 4 saturated carbocycles. The molecule has 2 N–H and O–H groups in total. The van der Waals surface area contributed by atoms with Gasteiger partial charge in [0.25, 0.3) is 0 Å². The molecule has 20 heavy (non-hydrogen) atoms. The minimum absolute atomic E-state index is 0.262. The highest BCUT2D eigenvalue weighted by Gasteiger charge is 2.53. The highest BCUT2D eigenvalue weighted by Crippen LogP contribution is 2.61. The van der Waals surface area contributed by atoms with Crippen LogP contribution in [-0.2, 0) is 13.5 Å². The third kappa shape index (κ3) is 1.92. The van der Waals surface area contributed by atoms with E-state index in [4.69, 9.17) is 5.73 Å². The summed E-state index contributed by atoms with van der Waals surface area (Å²) in [4.78, 5) is 4.55. The Morgan fingerprint density at radius 2 is 1.75 bits per heavy atom. The van der Waals surface area contributed by atoms with Gasteiger partial charge in [-0.15, -0.1) is 0 Å². The molecule has 4 bridgehead atoms. The zero-order valence-corrected chi connectivity index (χ0v) is 12.7. The maximum absolute atomic E-state index is 6.70. The first-order chi connectivity index (χ1) is 9.54. The Morgan fingerprint density at radius 3 is 2.20 bits per heavy atom. The Balaban J connectivity index is 1.56. The standard InChI is InChI=1S/C16H26N4/c1-10-18-15(20(2)19-10)6-14(17)16-7-11-3-12(8-16)5-13(4-11)9-16/h11-14H,3-9,17H2,1-2H3. The molecule has 1 aromatic heterocycles. The molecular weight excluding hydrogens is 248 g/mol. The van der Waals surface area contributed by atoms with Gasteiger partial charge in [0.2, 0.25) is 0 Å². The molecule has 4 aliphatic rings. The predicted molar refractivity (Wildman–Crippen MR) is 78.0 cm³/mol. The van der Waals surface area contributed by atoms with E-state index in [9.17, 15) is 0 Å². The Bertz CT molecular complexity index is 483. The molecule has 5 rings (SSSR count). The normalized spacial score (nSPS) is 40.2. The van der Waals surface area contributed by atoms with Crippen LogP contribution < -0.4 is 5.73 Å². The van der Waals surface area contributed by atoms with Crippen LogP contribution in [-0.4, -0.2) is 20.8 Å².